The Balaban J connectivity index is 4.71. The van der Waals surface area contributed by atoms with Gasteiger partial charge in [0.15, 0.2) is 6.10 Å². The fourth-order valence-electron chi connectivity index (χ4n) is 8.94. The number of hydrogen-bond donors (Lipinski definition) is 2. The number of aliphatic hydroxyl groups is 1. The van der Waals surface area contributed by atoms with Gasteiger partial charge in [-0.2, -0.15) is 0 Å². The summed E-state index contributed by atoms with van der Waals surface area (Å²) >= 11 is 0. The van der Waals surface area contributed by atoms with E-state index < -0.39 is 57.8 Å². The summed E-state index contributed by atoms with van der Waals surface area (Å²) in [6, 6.07) is 0. The second-order valence-corrected chi connectivity index (χ2v) is 23.0. The number of allylic oxidation sites excluding steroid dienone is 10. The fourth-order valence-corrected chi connectivity index (χ4v) is 9.73. The maximum Gasteiger partial charge on any atom is 0.472 e. The van der Waals surface area contributed by atoms with Crippen LogP contribution >= 0.6 is 7.82 Å². The molecule has 3 unspecified atom stereocenters. The number of carbonyl (C=O) groups excluding carboxylic acids is 3. The first kappa shape index (κ1) is 75.2. The van der Waals surface area contributed by atoms with E-state index in [0.717, 1.165) is 103 Å². The Hall–Kier alpha value is -2.82. The lowest BCUT2D eigenvalue weighted by Gasteiger charge is -2.21. The molecule has 0 radical (unpaired) electrons. The van der Waals surface area contributed by atoms with Crippen molar-refractivity contribution in [2.45, 2.75) is 315 Å². The summed E-state index contributed by atoms with van der Waals surface area (Å²) in [5, 5.41) is 9.84. The lowest BCUT2D eigenvalue weighted by atomic mass is 10.1. The second kappa shape index (κ2) is 60.3. The van der Waals surface area contributed by atoms with Crippen LogP contribution in [0.5, 0.6) is 0 Å². The average molecular weight is 1120 g/mol. The largest absolute Gasteiger partial charge is 0.472 e. The van der Waals surface area contributed by atoms with Crippen molar-refractivity contribution in [3.8, 4) is 0 Å². The Bertz CT molecular complexity index is 1540. The predicted octanol–water partition coefficient (Wildman–Crippen LogP) is 19.5. The minimum absolute atomic E-state index is 0.161. The molecule has 0 saturated carbocycles. The molecule has 0 spiro atoms. The van der Waals surface area contributed by atoms with E-state index in [1.165, 1.54) is 141 Å². The quantitative estimate of drug-likeness (QED) is 0.0197. The molecule has 3 atom stereocenters. The Morgan fingerprint density at radius 1 is 0.359 bits per heavy atom. The number of unbranched alkanes of at least 4 members (excludes halogenated alkanes) is 33. The first-order valence-corrected chi connectivity index (χ1v) is 33.7. The fraction of sp³-hybridized carbons (Fsp3) is 0.803. The topological polar surface area (TPSA) is 155 Å². The number of carbonyl (C=O) groups is 3. The zero-order valence-corrected chi connectivity index (χ0v) is 51.3. The highest BCUT2D eigenvalue weighted by Gasteiger charge is 2.28. The number of ether oxygens (including phenoxy) is 3. The van der Waals surface area contributed by atoms with Gasteiger partial charge in [0, 0.05) is 19.3 Å². The second-order valence-electron chi connectivity index (χ2n) is 21.6. The highest BCUT2D eigenvalue weighted by molar-refractivity contribution is 7.47. The van der Waals surface area contributed by atoms with Gasteiger partial charge in [-0.15, -0.1) is 0 Å². The van der Waals surface area contributed by atoms with Crippen molar-refractivity contribution < 1.29 is 52.2 Å². The van der Waals surface area contributed by atoms with E-state index >= 15 is 0 Å². The number of aliphatic hydroxyl groups excluding tert-OH is 1. The maximum atomic E-state index is 13.0. The summed E-state index contributed by atoms with van der Waals surface area (Å²) in [6.07, 6.45) is 67.3. The highest BCUT2D eigenvalue weighted by atomic mass is 31.2. The van der Waals surface area contributed by atoms with Crippen LogP contribution in [-0.2, 0) is 42.2 Å². The van der Waals surface area contributed by atoms with Gasteiger partial charge in [-0.1, -0.05) is 236 Å². The predicted molar refractivity (Wildman–Crippen MR) is 325 cm³/mol. The van der Waals surface area contributed by atoms with Crippen molar-refractivity contribution in [3.05, 3.63) is 60.8 Å². The molecule has 0 amide bonds. The molecule has 0 aliphatic heterocycles. The molecule has 0 saturated heterocycles. The molecule has 454 valence electrons. The molecule has 0 aliphatic rings. The van der Waals surface area contributed by atoms with Crippen molar-refractivity contribution in [2.24, 2.45) is 0 Å². The van der Waals surface area contributed by atoms with Crippen LogP contribution in [0.15, 0.2) is 60.8 Å². The van der Waals surface area contributed by atoms with Gasteiger partial charge in [-0.3, -0.25) is 23.4 Å². The Kier molecular flexibility index (Phi) is 58.1. The molecule has 0 rings (SSSR count). The van der Waals surface area contributed by atoms with E-state index in [4.69, 9.17) is 23.3 Å². The minimum Gasteiger partial charge on any atom is -0.462 e. The highest BCUT2D eigenvalue weighted by Crippen LogP contribution is 2.43. The molecule has 2 N–H and O–H groups in total. The number of rotatable bonds is 60. The number of phosphoric ester groups is 1. The number of esters is 3. The maximum absolute atomic E-state index is 13.0. The van der Waals surface area contributed by atoms with Gasteiger partial charge in [-0.05, 0) is 109 Å². The molecule has 0 fully saturated rings. The van der Waals surface area contributed by atoms with Crippen LogP contribution in [0.25, 0.3) is 0 Å². The van der Waals surface area contributed by atoms with Crippen molar-refractivity contribution in [1.82, 2.24) is 0 Å². The smallest absolute Gasteiger partial charge is 0.462 e. The molecular weight excluding hydrogens is 1000 g/mol. The van der Waals surface area contributed by atoms with Gasteiger partial charge in [-0.25, -0.2) is 4.57 Å². The molecule has 0 heterocycles. The Labute approximate surface area is 478 Å². The monoisotopic (exact) mass is 1120 g/mol. The summed E-state index contributed by atoms with van der Waals surface area (Å²) in [4.78, 5) is 48.7. The zero-order valence-electron chi connectivity index (χ0n) is 50.4. The van der Waals surface area contributed by atoms with Crippen molar-refractivity contribution in [3.63, 3.8) is 0 Å². The van der Waals surface area contributed by atoms with Gasteiger partial charge >= 0.3 is 25.7 Å². The van der Waals surface area contributed by atoms with E-state index in [1.807, 2.05) is 0 Å². The summed E-state index contributed by atoms with van der Waals surface area (Å²) in [7, 11) is -4.76. The van der Waals surface area contributed by atoms with Gasteiger partial charge < -0.3 is 24.2 Å². The molecular formula is C66H119O11P. The Morgan fingerprint density at radius 3 is 0.987 bits per heavy atom. The first-order chi connectivity index (χ1) is 38.2. The summed E-state index contributed by atoms with van der Waals surface area (Å²) < 4.78 is 39.7. The van der Waals surface area contributed by atoms with Crippen LogP contribution in [0.4, 0.5) is 0 Å². The third-order valence-corrected chi connectivity index (χ3v) is 14.8. The minimum atomic E-state index is -4.76. The standard InChI is InChI=1S/C66H119O11P/c1-4-7-10-13-16-19-22-25-28-30-31-33-35-37-40-43-46-49-52-55-64(68)73-59-63(77-66(70)57-54-51-48-45-42-39-36-32-29-26-23-20-17-14-11-8-5-2)61-75-78(71,72)74-60-62(58-67)76-65(69)56-53-50-47-44-41-38-34-27-24-21-18-15-12-9-6-3/h16,18-19,21,25-29,34,62-63,67H,4-15,17,20,22-24,30-33,35-61H2,1-3H3,(H,71,72)/b19-16-,21-18-,28-25-,29-26-,34-27-. The molecule has 0 aromatic rings. The van der Waals surface area contributed by atoms with Crippen LogP contribution < -0.4 is 0 Å². The normalized spacial score (nSPS) is 13.7. The number of phosphoric acid groups is 1. The first-order valence-electron chi connectivity index (χ1n) is 32.2. The van der Waals surface area contributed by atoms with Crippen LogP contribution in [0, 0.1) is 0 Å². The molecule has 0 aliphatic carbocycles. The summed E-state index contributed by atoms with van der Waals surface area (Å²) in [5.41, 5.74) is 0. The third-order valence-electron chi connectivity index (χ3n) is 13.9. The van der Waals surface area contributed by atoms with Crippen molar-refractivity contribution >= 4 is 25.7 Å². The zero-order chi connectivity index (χ0) is 56.9. The van der Waals surface area contributed by atoms with E-state index in [-0.39, 0.29) is 25.9 Å². The van der Waals surface area contributed by atoms with Gasteiger partial charge in [0.25, 0.3) is 0 Å². The molecule has 0 aromatic heterocycles. The van der Waals surface area contributed by atoms with E-state index in [1.54, 1.807) is 0 Å². The van der Waals surface area contributed by atoms with Gasteiger partial charge in [0.2, 0.25) is 0 Å². The molecule has 0 aromatic carbocycles. The molecule has 78 heavy (non-hydrogen) atoms. The molecule has 11 nitrogen and oxygen atoms in total. The molecule has 0 bridgehead atoms. The van der Waals surface area contributed by atoms with Crippen LogP contribution in [0.3, 0.4) is 0 Å². The Morgan fingerprint density at radius 2 is 0.628 bits per heavy atom. The van der Waals surface area contributed by atoms with E-state index in [0.29, 0.717) is 19.3 Å². The van der Waals surface area contributed by atoms with E-state index in [9.17, 15) is 28.9 Å². The molecule has 12 heteroatoms. The number of hydrogen-bond acceptors (Lipinski definition) is 10. The lowest BCUT2D eigenvalue weighted by Crippen LogP contribution is -2.30. The van der Waals surface area contributed by atoms with Crippen molar-refractivity contribution in [2.75, 3.05) is 26.4 Å². The van der Waals surface area contributed by atoms with Crippen LogP contribution in [-0.4, -0.2) is 66.5 Å². The average Bonchev–Trinajstić information content (AvgIpc) is 3.43. The van der Waals surface area contributed by atoms with Gasteiger partial charge in [0.1, 0.15) is 12.7 Å². The van der Waals surface area contributed by atoms with Crippen molar-refractivity contribution in [1.29, 1.82) is 0 Å². The van der Waals surface area contributed by atoms with Crippen LogP contribution in [0.2, 0.25) is 0 Å². The lowest BCUT2D eigenvalue weighted by molar-refractivity contribution is -0.161. The summed E-state index contributed by atoms with van der Waals surface area (Å²) in [6.45, 7) is 4.61. The summed E-state index contributed by atoms with van der Waals surface area (Å²) in [5.74, 6) is -1.47. The SMILES string of the molecule is CCCCC/C=C\C/C=C\CCCCCCCCCCCC(=O)OCC(COP(=O)(O)OCC(CO)OC(=O)CCCCCCC/C=C\C/C=C\CCCCC)OC(=O)CCCCCCCCC/C=C\CCCCCCCC. The third kappa shape index (κ3) is 57.9. The van der Waals surface area contributed by atoms with Gasteiger partial charge in [0.05, 0.1) is 19.8 Å². The van der Waals surface area contributed by atoms with E-state index in [2.05, 4.69) is 81.5 Å². The van der Waals surface area contributed by atoms with Crippen LogP contribution in [0.1, 0.15) is 303 Å².